The Balaban J connectivity index is 1.36. The highest BCUT2D eigenvalue weighted by atomic mass is 32.1. The molecule has 0 saturated heterocycles. The molecule has 4 N–H and O–H groups in total. The van der Waals surface area contributed by atoms with Crippen molar-refractivity contribution in [3.63, 3.8) is 0 Å². The van der Waals surface area contributed by atoms with Gasteiger partial charge in [0.25, 0.3) is 0 Å². The lowest BCUT2D eigenvalue weighted by atomic mass is 9.88. The first-order valence-corrected chi connectivity index (χ1v) is 11.4. The van der Waals surface area contributed by atoms with Gasteiger partial charge in [0, 0.05) is 28.5 Å². The normalized spacial score (nSPS) is 15.9. The van der Waals surface area contributed by atoms with E-state index < -0.39 is 0 Å². The van der Waals surface area contributed by atoms with E-state index >= 15 is 0 Å². The number of benzene rings is 1. The summed E-state index contributed by atoms with van der Waals surface area (Å²) in [4.78, 5) is 23.4. The van der Waals surface area contributed by atoms with Gasteiger partial charge in [-0.25, -0.2) is 14.8 Å². The fraction of sp³-hybridized carbons (Fsp3) is 0.364. The Bertz CT molecular complexity index is 1250. The third kappa shape index (κ3) is 4.05. The average molecular weight is 436 g/mol. The van der Waals surface area contributed by atoms with Gasteiger partial charge in [-0.2, -0.15) is 5.10 Å². The highest BCUT2D eigenvalue weighted by molar-refractivity contribution is 7.19. The molecule has 0 radical (unpaired) electrons. The number of aromatic amines is 1. The molecule has 1 unspecified atom stereocenters. The van der Waals surface area contributed by atoms with Gasteiger partial charge in [0.2, 0.25) is 0 Å². The molecule has 0 spiro atoms. The molecular weight excluding hydrogens is 410 g/mol. The molecule has 0 bridgehead atoms. The third-order valence-corrected chi connectivity index (χ3v) is 6.78. The predicted octanol–water partition coefficient (Wildman–Crippen LogP) is 4.12. The molecule has 1 aliphatic rings. The fourth-order valence-corrected chi connectivity index (χ4v) is 5.46. The minimum absolute atomic E-state index is 0.0934. The summed E-state index contributed by atoms with van der Waals surface area (Å²) in [6, 6.07) is 6.15. The number of urea groups is 1. The van der Waals surface area contributed by atoms with Crippen LogP contribution in [0.3, 0.4) is 0 Å². The zero-order valence-electron chi connectivity index (χ0n) is 17.5. The first-order valence-electron chi connectivity index (χ1n) is 10.6. The number of nitrogens with zero attached hydrogens (tertiary/aromatic N) is 3. The number of hydrogen-bond donors (Lipinski definition) is 4. The lowest BCUT2D eigenvalue weighted by molar-refractivity contribution is 0.236. The van der Waals surface area contributed by atoms with Gasteiger partial charge in [0.05, 0.1) is 17.1 Å². The number of amides is 2. The summed E-state index contributed by atoms with van der Waals surface area (Å²) in [5, 5.41) is 18.6. The molecule has 1 aromatic carbocycles. The van der Waals surface area contributed by atoms with Crippen molar-refractivity contribution in [1.82, 2.24) is 30.8 Å². The minimum Gasteiger partial charge on any atom is -0.340 e. The van der Waals surface area contributed by atoms with Crippen LogP contribution in [0.1, 0.15) is 30.7 Å². The number of fused-ring (bicyclic) bond motifs is 4. The summed E-state index contributed by atoms with van der Waals surface area (Å²) in [5.74, 6) is 1.28. The van der Waals surface area contributed by atoms with Crippen LogP contribution in [-0.2, 0) is 12.8 Å². The Hall–Kier alpha value is -3.20. The maximum absolute atomic E-state index is 11.9. The van der Waals surface area contributed by atoms with Crippen molar-refractivity contribution >= 4 is 50.0 Å². The number of rotatable bonds is 5. The third-order valence-electron chi connectivity index (χ3n) is 5.62. The summed E-state index contributed by atoms with van der Waals surface area (Å²) in [5.41, 5.74) is 3.33. The molecule has 8 nitrogen and oxygen atoms in total. The number of carbonyl (C=O) groups excluding carboxylic acids is 1. The second kappa shape index (κ2) is 8.14. The van der Waals surface area contributed by atoms with Crippen LogP contribution in [0.2, 0.25) is 0 Å². The number of hydrogen-bond acceptors (Lipinski definition) is 6. The average Bonchev–Trinajstić information content (AvgIpc) is 3.35. The monoisotopic (exact) mass is 435 g/mol. The molecule has 5 rings (SSSR count). The number of anilines is 2. The van der Waals surface area contributed by atoms with Gasteiger partial charge in [0.15, 0.2) is 0 Å². The minimum atomic E-state index is -0.0934. The van der Waals surface area contributed by atoms with Crippen molar-refractivity contribution in [3.8, 4) is 0 Å². The number of nitrogens with one attached hydrogen (secondary N) is 4. The summed E-state index contributed by atoms with van der Waals surface area (Å²) < 4.78 is 0. The van der Waals surface area contributed by atoms with Crippen LogP contribution in [-0.4, -0.2) is 38.8 Å². The molecule has 4 aromatic rings. The Morgan fingerprint density at radius 2 is 2.23 bits per heavy atom. The number of aryl methyl sites for hydroxylation is 1. The SMILES string of the molecule is CC(C)NC(=O)NCC1CCc2c(sc3ncnc(Nc4ccc5[nH]ncc5c4)c23)C1. The fourth-order valence-electron chi connectivity index (χ4n) is 4.15. The molecular formula is C22H25N7OS. The van der Waals surface area contributed by atoms with Crippen molar-refractivity contribution in [2.45, 2.75) is 39.2 Å². The van der Waals surface area contributed by atoms with Gasteiger partial charge in [-0.1, -0.05) is 0 Å². The number of H-pyrrole nitrogens is 1. The van der Waals surface area contributed by atoms with E-state index in [2.05, 4.69) is 42.2 Å². The van der Waals surface area contributed by atoms with Crippen LogP contribution in [0.15, 0.2) is 30.7 Å². The van der Waals surface area contributed by atoms with E-state index in [1.54, 1.807) is 17.7 Å². The Morgan fingerprint density at radius 1 is 1.32 bits per heavy atom. The van der Waals surface area contributed by atoms with Gasteiger partial charge in [-0.05, 0) is 62.8 Å². The van der Waals surface area contributed by atoms with Crippen LogP contribution in [0.5, 0.6) is 0 Å². The van der Waals surface area contributed by atoms with Crippen LogP contribution in [0.25, 0.3) is 21.1 Å². The van der Waals surface area contributed by atoms with Crippen LogP contribution < -0.4 is 16.0 Å². The van der Waals surface area contributed by atoms with Crippen molar-refractivity contribution in [3.05, 3.63) is 41.2 Å². The Kier molecular flexibility index (Phi) is 5.19. The molecule has 1 aliphatic carbocycles. The smallest absolute Gasteiger partial charge is 0.314 e. The number of carbonyl (C=O) groups is 1. The van der Waals surface area contributed by atoms with E-state index in [0.717, 1.165) is 51.9 Å². The molecule has 3 aromatic heterocycles. The van der Waals surface area contributed by atoms with Gasteiger partial charge >= 0.3 is 6.03 Å². The molecule has 9 heteroatoms. The summed E-state index contributed by atoms with van der Waals surface area (Å²) in [6.45, 7) is 4.61. The second-order valence-corrected chi connectivity index (χ2v) is 9.40. The van der Waals surface area contributed by atoms with Crippen molar-refractivity contribution in [2.75, 3.05) is 11.9 Å². The highest BCUT2D eigenvalue weighted by Gasteiger charge is 2.25. The molecule has 3 heterocycles. The molecule has 160 valence electrons. The first-order chi connectivity index (χ1) is 15.1. The molecule has 31 heavy (non-hydrogen) atoms. The lowest BCUT2D eigenvalue weighted by Crippen LogP contribution is -2.42. The molecule has 0 aliphatic heterocycles. The van der Waals surface area contributed by atoms with Gasteiger partial charge in [0.1, 0.15) is 17.0 Å². The zero-order valence-corrected chi connectivity index (χ0v) is 18.3. The summed E-state index contributed by atoms with van der Waals surface area (Å²) in [6.07, 6.45) is 6.40. The molecule has 0 saturated carbocycles. The maximum atomic E-state index is 11.9. The van der Waals surface area contributed by atoms with Crippen LogP contribution in [0, 0.1) is 5.92 Å². The van der Waals surface area contributed by atoms with Crippen molar-refractivity contribution < 1.29 is 4.79 Å². The van der Waals surface area contributed by atoms with Gasteiger partial charge < -0.3 is 16.0 Å². The Morgan fingerprint density at radius 3 is 3.10 bits per heavy atom. The van der Waals surface area contributed by atoms with Crippen molar-refractivity contribution in [2.24, 2.45) is 5.92 Å². The van der Waals surface area contributed by atoms with E-state index in [1.165, 1.54) is 10.4 Å². The lowest BCUT2D eigenvalue weighted by Gasteiger charge is -2.23. The van der Waals surface area contributed by atoms with E-state index in [4.69, 9.17) is 0 Å². The summed E-state index contributed by atoms with van der Waals surface area (Å²) in [7, 11) is 0. The van der Waals surface area contributed by atoms with E-state index in [1.807, 2.05) is 32.2 Å². The Labute approximate surface area is 183 Å². The first kappa shape index (κ1) is 19.7. The largest absolute Gasteiger partial charge is 0.340 e. The van der Waals surface area contributed by atoms with Crippen LogP contribution >= 0.6 is 11.3 Å². The predicted molar refractivity (Wildman–Crippen MR) is 124 cm³/mol. The number of aromatic nitrogens is 4. The quantitative estimate of drug-likeness (QED) is 0.377. The molecule has 0 fully saturated rings. The zero-order chi connectivity index (χ0) is 21.4. The van der Waals surface area contributed by atoms with E-state index in [-0.39, 0.29) is 12.1 Å². The van der Waals surface area contributed by atoms with E-state index in [9.17, 15) is 4.79 Å². The number of thiophene rings is 1. The molecule has 1 atom stereocenters. The highest BCUT2D eigenvalue weighted by Crippen LogP contribution is 2.40. The maximum Gasteiger partial charge on any atom is 0.314 e. The van der Waals surface area contributed by atoms with Gasteiger partial charge in [-0.3, -0.25) is 5.10 Å². The van der Waals surface area contributed by atoms with Crippen LogP contribution in [0.4, 0.5) is 16.3 Å². The van der Waals surface area contributed by atoms with Crippen molar-refractivity contribution in [1.29, 1.82) is 0 Å². The standard InChI is InChI=1S/C22H25N7OS/c1-12(2)27-22(30)23-9-13-3-5-16-18(7-13)31-21-19(16)20(24-11-25-21)28-15-4-6-17-14(8-15)10-26-29-17/h4,6,8,10-13H,3,5,7,9H2,1-2H3,(H,26,29)(H2,23,27,30)(H,24,25,28). The van der Waals surface area contributed by atoms with E-state index in [0.29, 0.717) is 12.5 Å². The summed E-state index contributed by atoms with van der Waals surface area (Å²) >= 11 is 1.74. The molecule has 2 amide bonds. The topological polar surface area (TPSA) is 108 Å². The second-order valence-electron chi connectivity index (χ2n) is 8.32. The van der Waals surface area contributed by atoms with Gasteiger partial charge in [-0.15, -0.1) is 11.3 Å².